The Morgan fingerprint density at radius 1 is 1.39 bits per heavy atom. The molecule has 0 rings (SSSR count). The van der Waals surface area contributed by atoms with Crippen LogP contribution in [0.1, 0.15) is 33.6 Å². The van der Waals surface area contributed by atoms with Crippen molar-refractivity contribution < 1.29 is 9.59 Å². The van der Waals surface area contributed by atoms with Gasteiger partial charge in [-0.2, -0.15) is 11.8 Å². The van der Waals surface area contributed by atoms with Gasteiger partial charge in [0, 0.05) is 13.1 Å². The van der Waals surface area contributed by atoms with E-state index in [4.69, 9.17) is 5.73 Å². The largest absolute Gasteiger partial charge is 0.368 e. The van der Waals surface area contributed by atoms with Gasteiger partial charge in [0.1, 0.15) is 0 Å². The summed E-state index contributed by atoms with van der Waals surface area (Å²) in [6.07, 6.45) is 1.53. The summed E-state index contributed by atoms with van der Waals surface area (Å²) in [5.41, 5.74) is 4.77. The van der Waals surface area contributed by atoms with Crippen LogP contribution >= 0.6 is 11.8 Å². The fraction of sp³-hybridized carbons (Fsp3) is 0.833. The maximum Gasteiger partial charge on any atom is 0.237 e. The SMILES string of the molecule is CNC(=O)CSCCCC(C)(NC(C)C)C(N)=O. The number of hydrogen-bond donors (Lipinski definition) is 3. The van der Waals surface area contributed by atoms with Crippen LogP contribution < -0.4 is 16.4 Å². The van der Waals surface area contributed by atoms with Crippen molar-refractivity contribution in [3.05, 3.63) is 0 Å². The standard InChI is InChI=1S/C12H25N3O2S/c1-9(2)15-12(3,11(13)17)6-5-7-18-8-10(16)14-4/h9,15H,5-8H2,1-4H3,(H2,13,17)(H,14,16). The highest BCUT2D eigenvalue weighted by molar-refractivity contribution is 7.99. The highest BCUT2D eigenvalue weighted by Crippen LogP contribution is 2.15. The Kier molecular flexibility index (Phi) is 8.02. The van der Waals surface area contributed by atoms with E-state index in [0.29, 0.717) is 12.2 Å². The van der Waals surface area contributed by atoms with Crippen molar-refractivity contribution in [2.24, 2.45) is 5.73 Å². The van der Waals surface area contributed by atoms with Crippen LogP contribution in [0.4, 0.5) is 0 Å². The van der Waals surface area contributed by atoms with Crippen molar-refractivity contribution in [3.63, 3.8) is 0 Å². The van der Waals surface area contributed by atoms with Crippen LogP contribution in [0.3, 0.4) is 0 Å². The van der Waals surface area contributed by atoms with Gasteiger partial charge in [0.25, 0.3) is 0 Å². The topological polar surface area (TPSA) is 84.2 Å². The molecule has 6 heteroatoms. The molecule has 0 aromatic rings. The Hall–Kier alpha value is -0.750. The van der Waals surface area contributed by atoms with E-state index in [1.807, 2.05) is 20.8 Å². The lowest BCUT2D eigenvalue weighted by Crippen LogP contribution is -2.55. The van der Waals surface area contributed by atoms with Gasteiger partial charge in [0.2, 0.25) is 11.8 Å². The molecular formula is C12H25N3O2S. The smallest absolute Gasteiger partial charge is 0.237 e. The zero-order valence-corrected chi connectivity index (χ0v) is 12.5. The lowest BCUT2D eigenvalue weighted by Gasteiger charge is -2.29. The lowest BCUT2D eigenvalue weighted by atomic mass is 9.94. The normalized spacial score (nSPS) is 14.3. The second-order valence-electron chi connectivity index (χ2n) is 4.82. The van der Waals surface area contributed by atoms with Gasteiger partial charge in [-0.25, -0.2) is 0 Å². The molecule has 1 atom stereocenters. The van der Waals surface area contributed by atoms with Gasteiger partial charge in [0.05, 0.1) is 11.3 Å². The quantitative estimate of drug-likeness (QED) is 0.535. The van der Waals surface area contributed by atoms with Crippen molar-refractivity contribution in [1.29, 1.82) is 0 Å². The minimum Gasteiger partial charge on any atom is -0.368 e. The average molecular weight is 275 g/mol. The average Bonchev–Trinajstić information content (AvgIpc) is 2.27. The molecule has 0 aliphatic heterocycles. The van der Waals surface area contributed by atoms with Crippen molar-refractivity contribution >= 4 is 23.6 Å². The zero-order chi connectivity index (χ0) is 14.2. The minimum atomic E-state index is -0.665. The number of nitrogens with two attached hydrogens (primary N) is 1. The molecule has 0 saturated carbocycles. The number of primary amides is 1. The van der Waals surface area contributed by atoms with E-state index < -0.39 is 5.54 Å². The first-order chi connectivity index (χ1) is 8.31. The first kappa shape index (κ1) is 17.2. The van der Waals surface area contributed by atoms with E-state index in [1.165, 1.54) is 0 Å². The maximum atomic E-state index is 11.5. The molecule has 2 amide bonds. The molecule has 0 aromatic heterocycles. The van der Waals surface area contributed by atoms with Crippen LogP contribution in [0.25, 0.3) is 0 Å². The number of nitrogens with one attached hydrogen (secondary N) is 2. The second kappa shape index (κ2) is 8.37. The Balaban J connectivity index is 3.98. The van der Waals surface area contributed by atoms with Gasteiger partial charge in [-0.3, -0.25) is 9.59 Å². The van der Waals surface area contributed by atoms with Crippen molar-refractivity contribution in [2.45, 2.75) is 45.2 Å². The molecule has 0 radical (unpaired) electrons. The van der Waals surface area contributed by atoms with E-state index in [2.05, 4.69) is 10.6 Å². The third-order valence-electron chi connectivity index (χ3n) is 2.63. The van der Waals surface area contributed by atoms with Crippen LogP contribution in [-0.4, -0.2) is 41.9 Å². The van der Waals surface area contributed by atoms with E-state index in [0.717, 1.165) is 12.2 Å². The zero-order valence-electron chi connectivity index (χ0n) is 11.7. The van der Waals surface area contributed by atoms with Gasteiger partial charge in [-0.05, 0) is 39.4 Å². The highest BCUT2D eigenvalue weighted by atomic mass is 32.2. The van der Waals surface area contributed by atoms with Crippen LogP contribution in [0, 0.1) is 0 Å². The van der Waals surface area contributed by atoms with Crippen molar-refractivity contribution in [2.75, 3.05) is 18.6 Å². The maximum absolute atomic E-state index is 11.5. The van der Waals surface area contributed by atoms with Crippen LogP contribution in [-0.2, 0) is 9.59 Å². The summed E-state index contributed by atoms with van der Waals surface area (Å²) in [5, 5.41) is 5.77. The number of hydrogen-bond acceptors (Lipinski definition) is 4. The summed E-state index contributed by atoms with van der Waals surface area (Å²) >= 11 is 1.57. The fourth-order valence-electron chi connectivity index (χ4n) is 1.67. The molecule has 0 aromatic carbocycles. The molecule has 106 valence electrons. The van der Waals surface area contributed by atoms with E-state index in [1.54, 1.807) is 18.8 Å². The molecule has 0 aliphatic carbocycles. The summed E-state index contributed by atoms with van der Waals surface area (Å²) in [6, 6.07) is 0.209. The van der Waals surface area contributed by atoms with E-state index in [9.17, 15) is 9.59 Å². The molecule has 4 N–H and O–H groups in total. The molecule has 0 fully saturated rings. The number of carbonyl (C=O) groups is 2. The summed E-state index contributed by atoms with van der Waals surface area (Å²) in [4.78, 5) is 22.5. The predicted molar refractivity (Wildman–Crippen MR) is 76.5 cm³/mol. The molecular weight excluding hydrogens is 250 g/mol. The number of thioether (sulfide) groups is 1. The fourth-order valence-corrected chi connectivity index (χ4v) is 2.49. The number of carbonyl (C=O) groups excluding carboxylic acids is 2. The first-order valence-electron chi connectivity index (χ1n) is 6.17. The predicted octanol–water partition coefficient (Wildman–Crippen LogP) is 0.488. The van der Waals surface area contributed by atoms with E-state index >= 15 is 0 Å². The van der Waals surface area contributed by atoms with Gasteiger partial charge < -0.3 is 16.4 Å². The van der Waals surface area contributed by atoms with Gasteiger partial charge in [0.15, 0.2) is 0 Å². The highest BCUT2D eigenvalue weighted by Gasteiger charge is 2.30. The molecule has 0 aliphatic rings. The second-order valence-corrected chi connectivity index (χ2v) is 5.93. The Morgan fingerprint density at radius 2 is 2.00 bits per heavy atom. The van der Waals surface area contributed by atoms with E-state index in [-0.39, 0.29) is 17.9 Å². The first-order valence-corrected chi connectivity index (χ1v) is 7.33. The third kappa shape index (κ3) is 6.86. The molecule has 0 bridgehead atoms. The molecule has 0 spiro atoms. The molecule has 5 nitrogen and oxygen atoms in total. The Bertz CT molecular complexity index is 284. The van der Waals surface area contributed by atoms with Crippen LogP contribution in [0.15, 0.2) is 0 Å². The van der Waals surface area contributed by atoms with Crippen molar-refractivity contribution in [1.82, 2.24) is 10.6 Å². The minimum absolute atomic E-state index is 0.0259. The summed E-state index contributed by atoms with van der Waals surface area (Å²) in [7, 11) is 1.62. The summed E-state index contributed by atoms with van der Waals surface area (Å²) in [5.74, 6) is 1.00. The number of rotatable bonds is 9. The third-order valence-corrected chi connectivity index (χ3v) is 3.67. The van der Waals surface area contributed by atoms with Gasteiger partial charge >= 0.3 is 0 Å². The Labute approximate surface area is 114 Å². The van der Waals surface area contributed by atoms with Gasteiger partial charge in [-0.1, -0.05) is 0 Å². The van der Waals surface area contributed by atoms with Crippen molar-refractivity contribution in [3.8, 4) is 0 Å². The summed E-state index contributed by atoms with van der Waals surface area (Å²) in [6.45, 7) is 5.81. The monoisotopic (exact) mass is 275 g/mol. The number of amides is 2. The molecule has 1 unspecified atom stereocenters. The molecule has 18 heavy (non-hydrogen) atoms. The van der Waals surface area contributed by atoms with Gasteiger partial charge in [-0.15, -0.1) is 0 Å². The molecule has 0 heterocycles. The van der Waals surface area contributed by atoms with Crippen LogP contribution in [0.2, 0.25) is 0 Å². The Morgan fingerprint density at radius 3 is 2.44 bits per heavy atom. The summed E-state index contributed by atoms with van der Waals surface area (Å²) < 4.78 is 0. The molecule has 0 saturated heterocycles. The van der Waals surface area contributed by atoms with Crippen LogP contribution in [0.5, 0.6) is 0 Å². The lowest BCUT2D eigenvalue weighted by molar-refractivity contribution is -0.124.